The number of fused-ring (bicyclic) bond motifs is 3. The number of carbonyl (C=O) groups excluding carboxylic acids is 1. The molecular weight excluding hydrogens is 454 g/mol. The fourth-order valence-electron chi connectivity index (χ4n) is 3.94. The van der Waals surface area contributed by atoms with E-state index >= 15 is 0 Å². The van der Waals surface area contributed by atoms with Gasteiger partial charge in [-0.3, -0.25) is 14.2 Å². The van der Waals surface area contributed by atoms with Crippen molar-refractivity contribution in [2.45, 2.75) is 39.0 Å². The summed E-state index contributed by atoms with van der Waals surface area (Å²) in [6, 6.07) is 6.99. The predicted molar refractivity (Wildman–Crippen MR) is 123 cm³/mol. The summed E-state index contributed by atoms with van der Waals surface area (Å²) in [5, 5.41) is 9.23. The molecule has 1 aliphatic heterocycles. The number of nitrogens with one attached hydrogen (secondary N) is 1. The molecule has 0 saturated carbocycles. The number of carbonyl (C=O) groups is 1. The maximum Gasteiger partial charge on any atom is 0.352 e. The van der Waals surface area contributed by atoms with Crippen LogP contribution in [-0.4, -0.2) is 37.4 Å². The van der Waals surface area contributed by atoms with E-state index in [4.69, 9.17) is 16.3 Å². The van der Waals surface area contributed by atoms with Gasteiger partial charge in [0.1, 0.15) is 11.2 Å². The summed E-state index contributed by atoms with van der Waals surface area (Å²) in [6.07, 6.45) is 1.66. The Morgan fingerprint density at radius 2 is 2.19 bits per heavy atom. The van der Waals surface area contributed by atoms with Gasteiger partial charge in [0.05, 0.1) is 28.9 Å². The van der Waals surface area contributed by atoms with Crippen LogP contribution in [0.1, 0.15) is 18.4 Å². The number of anilines is 1. The van der Waals surface area contributed by atoms with Crippen LogP contribution in [0.5, 0.6) is 0 Å². The minimum absolute atomic E-state index is 0.110. The van der Waals surface area contributed by atoms with E-state index in [2.05, 4.69) is 10.4 Å². The first kappa shape index (κ1) is 20.9. The summed E-state index contributed by atoms with van der Waals surface area (Å²) >= 11 is 7.46. The van der Waals surface area contributed by atoms with Gasteiger partial charge in [0.15, 0.2) is 0 Å². The number of hydrogen-bond donors (Lipinski definition) is 1. The van der Waals surface area contributed by atoms with Gasteiger partial charge >= 0.3 is 5.69 Å². The van der Waals surface area contributed by atoms with E-state index in [1.54, 1.807) is 23.6 Å². The van der Waals surface area contributed by atoms with E-state index < -0.39 is 11.6 Å². The highest BCUT2D eigenvalue weighted by molar-refractivity contribution is 7.17. The third-order valence-corrected chi connectivity index (χ3v) is 6.69. The third-order valence-electron chi connectivity index (χ3n) is 5.49. The Bertz CT molecular complexity index is 1460. The highest BCUT2D eigenvalue weighted by Gasteiger charge is 2.23. The molecule has 11 heteroatoms. The first-order chi connectivity index (χ1) is 15.4. The van der Waals surface area contributed by atoms with E-state index in [1.807, 2.05) is 13.0 Å². The van der Waals surface area contributed by atoms with Gasteiger partial charge in [-0.2, -0.15) is 0 Å². The Hall–Kier alpha value is -2.95. The zero-order chi connectivity index (χ0) is 22.4. The monoisotopic (exact) mass is 473 g/mol. The van der Waals surface area contributed by atoms with Gasteiger partial charge in [0.25, 0.3) is 5.56 Å². The maximum absolute atomic E-state index is 13.2. The Labute approximate surface area is 190 Å². The number of rotatable bonds is 5. The quantitative estimate of drug-likeness (QED) is 0.480. The van der Waals surface area contributed by atoms with Crippen LogP contribution in [0, 0.1) is 6.92 Å². The van der Waals surface area contributed by atoms with Gasteiger partial charge in [0.2, 0.25) is 11.7 Å². The summed E-state index contributed by atoms with van der Waals surface area (Å²) < 4.78 is 10.1. The third kappa shape index (κ3) is 3.64. The van der Waals surface area contributed by atoms with Gasteiger partial charge in [-0.25, -0.2) is 13.9 Å². The van der Waals surface area contributed by atoms with E-state index in [0.717, 1.165) is 23.1 Å². The molecule has 1 fully saturated rings. The molecule has 1 N–H and O–H groups in total. The Kier molecular flexibility index (Phi) is 5.36. The summed E-state index contributed by atoms with van der Waals surface area (Å²) in [4.78, 5) is 38.9. The Balaban J connectivity index is 1.54. The number of aromatic nitrogens is 4. The molecule has 3 aromatic heterocycles. The van der Waals surface area contributed by atoms with Crippen molar-refractivity contribution in [3.05, 3.63) is 61.1 Å². The predicted octanol–water partition coefficient (Wildman–Crippen LogP) is 2.65. The molecule has 5 rings (SSSR count). The van der Waals surface area contributed by atoms with E-state index in [1.165, 1.54) is 20.3 Å². The molecular formula is C21H20ClN5O4S. The average Bonchev–Trinajstić information content (AvgIpc) is 3.49. The van der Waals surface area contributed by atoms with E-state index in [-0.39, 0.29) is 24.0 Å². The van der Waals surface area contributed by atoms with Crippen LogP contribution < -0.4 is 16.6 Å². The highest BCUT2D eigenvalue weighted by Crippen LogP contribution is 2.23. The van der Waals surface area contributed by atoms with Crippen LogP contribution in [-0.2, 0) is 22.6 Å². The molecule has 1 atom stereocenters. The first-order valence-electron chi connectivity index (χ1n) is 10.2. The zero-order valence-corrected chi connectivity index (χ0v) is 18.8. The smallest absolute Gasteiger partial charge is 0.352 e. The van der Waals surface area contributed by atoms with Crippen molar-refractivity contribution in [2.24, 2.45) is 0 Å². The molecule has 1 aromatic carbocycles. The number of nitrogens with zero attached hydrogens (tertiary/aromatic N) is 4. The molecule has 0 spiro atoms. The SMILES string of the molecule is Cc1ccc(NC(=O)Cn2nc3n(C[C@@H]4CCCO4)c(=O)c4sccc4n3c2=O)c(Cl)c1. The van der Waals surface area contributed by atoms with Crippen LogP contribution in [0.3, 0.4) is 0 Å². The van der Waals surface area contributed by atoms with Crippen molar-refractivity contribution < 1.29 is 9.53 Å². The summed E-state index contributed by atoms with van der Waals surface area (Å²) in [6.45, 7) is 2.54. The second-order valence-corrected chi connectivity index (χ2v) is 9.12. The number of aryl methyl sites for hydroxylation is 1. The van der Waals surface area contributed by atoms with Crippen molar-refractivity contribution in [3.8, 4) is 0 Å². The number of hydrogen-bond acceptors (Lipinski definition) is 6. The largest absolute Gasteiger partial charge is 0.376 e. The van der Waals surface area contributed by atoms with E-state index in [0.29, 0.717) is 34.1 Å². The van der Waals surface area contributed by atoms with Crippen LogP contribution in [0.25, 0.3) is 16.0 Å². The molecule has 4 aromatic rings. The summed E-state index contributed by atoms with van der Waals surface area (Å²) in [5.74, 6) is -0.251. The van der Waals surface area contributed by atoms with Gasteiger partial charge in [0, 0.05) is 6.61 Å². The Morgan fingerprint density at radius 1 is 1.34 bits per heavy atom. The van der Waals surface area contributed by atoms with Crippen LogP contribution in [0.2, 0.25) is 5.02 Å². The van der Waals surface area contributed by atoms with Crippen LogP contribution in [0.15, 0.2) is 39.2 Å². The Morgan fingerprint density at radius 3 is 2.94 bits per heavy atom. The molecule has 166 valence electrons. The number of halogens is 1. The summed E-state index contributed by atoms with van der Waals surface area (Å²) in [5.41, 5.74) is 1.20. The van der Waals surface area contributed by atoms with Crippen molar-refractivity contribution in [2.75, 3.05) is 11.9 Å². The van der Waals surface area contributed by atoms with E-state index in [9.17, 15) is 14.4 Å². The normalized spacial score (nSPS) is 16.2. The first-order valence-corrected chi connectivity index (χ1v) is 11.5. The van der Waals surface area contributed by atoms with Crippen molar-refractivity contribution in [1.29, 1.82) is 0 Å². The van der Waals surface area contributed by atoms with Gasteiger partial charge in [-0.05, 0) is 48.9 Å². The number of amides is 1. The van der Waals surface area contributed by atoms with Gasteiger partial charge < -0.3 is 10.1 Å². The lowest BCUT2D eigenvalue weighted by atomic mass is 10.2. The molecule has 4 heterocycles. The second kappa shape index (κ2) is 8.19. The minimum atomic E-state index is -0.491. The van der Waals surface area contributed by atoms with Crippen molar-refractivity contribution in [1.82, 2.24) is 18.7 Å². The topological polar surface area (TPSA) is 99.6 Å². The standard InChI is InChI=1S/C21H20ClN5O4S/c1-12-4-5-15(14(22)9-12)23-17(28)11-26-21(30)27-16-6-8-32-18(16)19(29)25(20(27)24-26)10-13-3-2-7-31-13/h4-6,8-9,13H,2-3,7,10-11H2,1H3,(H,23,28)/t13-/m0/s1. The molecule has 1 amide bonds. The molecule has 1 saturated heterocycles. The van der Waals surface area contributed by atoms with Gasteiger partial charge in [-0.15, -0.1) is 16.4 Å². The maximum atomic E-state index is 13.2. The summed E-state index contributed by atoms with van der Waals surface area (Å²) in [7, 11) is 0. The lowest BCUT2D eigenvalue weighted by Crippen LogP contribution is -2.30. The number of thiophene rings is 1. The van der Waals surface area contributed by atoms with Crippen LogP contribution in [0.4, 0.5) is 5.69 Å². The fourth-order valence-corrected chi connectivity index (χ4v) is 5.05. The lowest BCUT2D eigenvalue weighted by Gasteiger charge is -2.12. The second-order valence-electron chi connectivity index (χ2n) is 7.79. The molecule has 32 heavy (non-hydrogen) atoms. The highest BCUT2D eigenvalue weighted by atomic mass is 35.5. The molecule has 0 radical (unpaired) electrons. The zero-order valence-electron chi connectivity index (χ0n) is 17.2. The average molecular weight is 474 g/mol. The molecule has 0 aliphatic carbocycles. The van der Waals surface area contributed by atoms with Crippen LogP contribution >= 0.6 is 22.9 Å². The fraction of sp³-hybridized carbons (Fsp3) is 0.333. The minimum Gasteiger partial charge on any atom is -0.376 e. The molecule has 0 unspecified atom stereocenters. The number of ether oxygens (including phenoxy) is 1. The van der Waals surface area contributed by atoms with Crippen molar-refractivity contribution in [3.63, 3.8) is 0 Å². The van der Waals surface area contributed by atoms with Gasteiger partial charge in [-0.1, -0.05) is 17.7 Å². The van der Waals surface area contributed by atoms with Crippen molar-refractivity contribution >= 4 is 50.5 Å². The number of benzene rings is 1. The molecule has 9 nitrogen and oxygen atoms in total. The molecule has 1 aliphatic rings. The lowest BCUT2D eigenvalue weighted by molar-refractivity contribution is -0.117. The molecule has 0 bridgehead atoms.